The maximum atomic E-state index is 5.85. The second-order valence-electron chi connectivity index (χ2n) is 12.1. The summed E-state index contributed by atoms with van der Waals surface area (Å²) in [6.45, 7) is 0. The lowest BCUT2D eigenvalue weighted by molar-refractivity contribution is 0.684. The minimum Gasteiger partial charge on any atom is -0.255 e. The van der Waals surface area contributed by atoms with Crippen LogP contribution >= 0.6 is 31.9 Å². The van der Waals surface area contributed by atoms with Crippen molar-refractivity contribution in [3.63, 3.8) is 0 Å². The number of fused-ring (bicyclic) bond motifs is 6. The molecule has 7 aromatic rings. The van der Waals surface area contributed by atoms with Gasteiger partial charge in [-0.1, -0.05) is 159 Å². The molecule has 2 aliphatic carbocycles. The summed E-state index contributed by atoms with van der Waals surface area (Å²) < 4.78 is 2.11. The number of aromatic nitrogens is 1. The molecule has 0 bridgehead atoms. The Kier molecular flexibility index (Phi) is 6.32. The first-order chi connectivity index (χ1) is 22.6. The van der Waals surface area contributed by atoms with Gasteiger partial charge in [0.2, 0.25) is 0 Å². The van der Waals surface area contributed by atoms with Gasteiger partial charge in [0.15, 0.2) is 0 Å². The third-order valence-corrected chi connectivity index (χ3v) is 11.0. The van der Waals surface area contributed by atoms with Crippen LogP contribution in [0.1, 0.15) is 44.8 Å². The van der Waals surface area contributed by atoms with Gasteiger partial charge in [-0.15, -0.1) is 0 Å². The largest absolute Gasteiger partial charge is 0.255 e. The third kappa shape index (κ3) is 3.70. The molecule has 0 amide bonds. The van der Waals surface area contributed by atoms with Gasteiger partial charge in [-0.25, -0.2) is 0 Å². The maximum Gasteiger partial charge on any atom is 0.0885 e. The molecule has 2 aliphatic rings. The molecule has 9 rings (SSSR count). The molecule has 1 nitrogen and oxygen atoms in total. The number of benzene rings is 6. The highest BCUT2D eigenvalue weighted by atomic mass is 79.9. The van der Waals surface area contributed by atoms with Crippen molar-refractivity contribution in [1.29, 1.82) is 0 Å². The van der Waals surface area contributed by atoms with Crippen molar-refractivity contribution in [3.05, 3.63) is 218 Å². The van der Waals surface area contributed by atoms with Gasteiger partial charge in [0.1, 0.15) is 0 Å². The van der Waals surface area contributed by atoms with Crippen LogP contribution in [0.5, 0.6) is 0 Å². The van der Waals surface area contributed by atoms with E-state index in [1.165, 1.54) is 55.6 Å². The van der Waals surface area contributed by atoms with E-state index in [0.717, 1.165) is 20.3 Å². The first-order valence-electron chi connectivity index (χ1n) is 15.5. The topological polar surface area (TPSA) is 12.9 Å². The predicted octanol–water partition coefficient (Wildman–Crippen LogP) is 11.3. The molecule has 0 unspecified atom stereocenters. The second-order valence-corrected chi connectivity index (χ2v) is 13.9. The van der Waals surface area contributed by atoms with Crippen molar-refractivity contribution < 1.29 is 0 Å². The van der Waals surface area contributed by atoms with E-state index < -0.39 is 10.8 Å². The van der Waals surface area contributed by atoms with Crippen LogP contribution in [0.3, 0.4) is 0 Å². The first kappa shape index (κ1) is 27.7. The maximum absolute atomic E-state index is 5.85. The van der Waals surface area contributed by atoms with Crippen LogP contribution in [-0.2, 0) is 10.8 Å². The molecule has 3 heteroatoms. The Morgan fingerprint density at radius 3 is 0.957 bits per heavy atom. The smallest absolute Gasteiger partial charge is 0.0885 e. The Morgan fingerprint density at radius 2 is 0.630 bits per heavy atom. The quantitative estimate of drug-likeness (QED) is 0.177. The lowest BCUT2D eigenvalue weighted by Gasteiger charge is -2.36. The highest BCUT2D eigenvalue weighted by molar-refractivity contribution is 9.10. The van der Waals surface area contributed by atoms with Gasteiger partial charge >= 0.3 is 0 Å². The van der Waals surface area contributed by atoms with E-state index in [-0.39, 0.29) is 0 Å². The van der Waals surface area contributed by atoms with Crippen LogP contribution in [0.4, 0.5) is 0 Å². The SMILES string of the molecule is Brc1ccc(C2(c3cccc(C4(c5ccc(Br)cc5)c5ccccc5-c5ccccc54)n3)c3ccccc3-c3ccccc32)cc1. The molecule has 0 radical (unpaired) electrons. The summed E-state index contributed by atoms with van der Waals surface area (Å²) >= 11 is 7.39. The molecule has 0 saturated heterocycles. The van der Waals surface area contributed by atoms with Gasteiger partial charge in [-0.2, -0.15) is 0 Å². The van der Waals surface area contributed by atoms with Gasteiger partial charge in [-0.05, 0) is 92.0 Å². The minimum atomic E-state index is -0.595. The summed E-state index contributed by atoms with van der Waals surface area (Å²) in [5.74, 6) is 0. The molecule has 1 heterocycles. The number of halogens is 2. The normalized spacial score (nSPS) is 14.7. The van der Waals surface area contributed by atoms with Crippen molar-refractivity contribution in [1.82, 2.24) is 4.98 Å². The molecule has 46 heavy (non-hydrogen) atoms. The second kappa shape index (κ2) is 10.5. The summed E-state index contributed by atoms with van der Waals surface area (Å²) in [4.78, 5) is 5.85. The summed E-state index contributed by atoms with van der Waals surface area (Å²) in [5, 5.41) is 0. The fourth-order valence-electron chi connectivity index (χ4n) is 8.19. The van der Waals surface area contributed by atoms with Gasteiger partial charge < -0.3 is 0 Å². The Morgan fingerprint density at radius 1 is 0.326 bits per heavy atom. The Labute approximate surface area is 285 Å². The molecule has 6 aromatic carbocycles. The molecular weight excluding hydrogens is 690 g/mol. The zero-order chi connectivity index (χ0) is 30.9. The monoisotopic (exact) mass is 715 g/mol. The van der Waals surface area contributed by atoms with Crippen LogP contribution in [-0.4, -0.2) is 4.98 Å². The van der Waals surface area contributed by atoms with Crippen molar-refractivity contribution in [2.45, 2.75) is 10.8 Å². The molecular formula is C43H27Br2N. The number of hydrogen-bond donors (Lipinski definition) is 0. The van der Waals surface area contributed by atoms with E-state index in [2.05, 4.69) is 196 Å². The van der Waals surface area contributed by atoms with E-state index in [4.69, 9.17) is 4.98 Å². The van der Waals surface area contributed by atoms with Crippen LogP contribution in [0.25, 0.3) is 22.3 Å². The molecule has 1 aromatic heterocycles. The molecule has 0 aliphatic heterocycles. The predicted molar refractivity (Wildman–Crippen MR) is 194 cm³/mol. The Hall–Kier alpha value is -4.57. The van der Waals surface area contributed by atoms with Gasteiger partial charge in [0.05, 0.1) is 22.2 Å². The van der Waals surface area contributed by atoms with E-state index in [9.17, 15) is 0 Å². The molecule has 0 N–H and O–H groups in total. The van der Waals surface area contributed by atoms with Crippen LogP contribution in [0.2, 0.25) is 0 Å². The average molecular weight is 718 g/mol. The molecule has 0 spiro atoms. The number of pyridine rings is 1. The van der Waals surface area contributed by atoms with Crippen LogP contribution in [0.15, 0.2) is 173 Å². The van der Waals surface area contributed by atoms with Gasteiger partial charge in [-0.3, -0.25) is 4.98 Å². The highest BCUT2D eigenvalue weighted by Gasteiger charge is 2.50. The van der Waals surface area contributed by atoms with Crippen molar-refractivity contribution in [3.8, 4) is 22.3 Å². The fourth-order valence-corrected chi connectivity index (χ4v) is 8.72. The summed E-state index contributed by atoms with van der Waals surface area (Å²) in [6.07, 6.45) is 0. The molecule has 0 saturated carbocycles. The average Bonchev–Trinajstić information content (AvgIpc) is 3.58. The van der Waals surface area contributed by atoms with E-state index in [1.807, 2.05) is 0 Å². The van der Waals surface area contributed by atoms with Crippen molar-refractivity contribution in [2.75, 3.05) is 0 Å². The number of hydrogen-bond acceptors (Lipinski definition) is 1. The lowest BCUT2D eigenvalue weighted by atomic mass is 9.68. The van der Waals surface area contributed by atoms with Crippen LogP contribution < -0.4 is 0 Å². The van der Waals surface area contributed by atoms with Crippen molar-refractivity contribution in [2.24, 2.45) is 0 Å². The Bertz CT molecular complexity index is 2030. The fraction of sp³-hybridized carbons (Fsp3) is 0.0465. The highest BCUT2D eigenvalue weighted by Crippen LogP contribution is 2.58. The summed E-state index contributed by atoms with van der Waals surface area (Å²) in [5.41, 5.74) is 13.3. The summed E-state index contributed by atoms with van der Waals surface area (Å²) in [7, 11) is 0. The van der Waals surface area contributed by atoms with E-state index in [0.29, 0.717) is 0 Å². The molecule has 0 atom stereocenters. The van der Waals surface area contributed by atoms with E-state index in [1.54, 1.807) is 0 Å². The van der Waals surface area contributed by atoms with Crippen molar-refractivity contribution >= 4 is 31.9 Å². The first-order valence-corrected chi connectivity index (χ1v) is 17.1. The lowest BCUT2D eigenvalue weighted by Crippen LogP contribution is -2.34. The van der Waals surface area contributed by atoms with E-state index >= 15 is 0 Å². The Balaban J connectivity index is 1.41. The zero-order valence-electron chi connectivity index (χ0n) is 24.8. The minimum absolute atomic E-state index is 0.595. The molecule has 0 fully saturated rings. The molecule has 218 valence electrons. The van der Waals surface area contributed by atoms with Gasteiger partial charge in [0, 0.05) is 8.95 Å². The number of rotatable bonds is 4. The standard InChI is InChI=1S/C43H27Br2N/c44-30-24-20-28(21-25-30)42(36-14-5-1-10-32(36)33-11-2-6-15-37(33)42)40-18-9-19-41(46-40)43(29-22-26-31(45)27-23-29)38-16-7-3-12-34(38)35-13-4-8-17-39(35)43/h1-27H. The van der Waals surface area contributed by atoms with Gasteiger partial charge in [0.25, 0.3) is 0 Å². The third-order valence-electron chi connectivity index (χ3n) is 9.98. The number of nitrogens with zero attached hydrogens (tertiary/aromatic N) is 1. The van der Waals surface area contributed by atoms with Crippen LogP contribution in [0, 0.1) is 0 Å². The summed E-state index contributed by atoms with van der Waals surface area (Å²) in [6, 6.07) is 59.7. The zero-order valence-corrected chi connectivity index (χ0v) is 28.0.